The third kappa shape index (κ3) is 2.96. The lowest BCUT2D eigenvalue weighted by Gasteiger charge is -2.08. The number of carbonyl (C=O) groups is 1. The van der Waals surface area contributed by atoms with Gasteiger partial charge in [-0.25, -0.2) is 10.8 Å². The van der Waals surface area contributed by atoms with Crippen LogP contribution in [0.25, 0.3) is 0 Å². The number of nitrogens with one attached hydrogen (secondary N) is 1. The van der Waals surface area contributed by atoms with Gasteiger partial charge in [0.05, 0.1) is 0 Å². The largest absolute Gasteiger partial charge is 0.439 e. The molecule has 7 nitrogen and oxygen atoms in total. The smallest absolute Gasteiger partial charge is 0.248 e. The molecule has 1 aromatic heterocycles. The molecule has 0 atom stereocenters. The fraction of sp³-hybridized carbons (Fsp3) is 0.0833. The summed E-state index contributed by atoms with van der Waals surface area (Å²) < 4.78 is 5.59. The maximum atomic E-state index is 10.9. The Morgan fingerprint density at radius 1 is 1.32 bits per heavy atom. The number of ether oxygens (including phenoxy) is 1. The zero-order valence-electron chi connectivity index (χ0n) is 10.3. The first-order chi connectivity index (χ1) is 9.10. The Balaban J connectivity index is 2.23. The molecule has 0 spiro atoms. The summed E-state index contributed by atoms with van der Waals surface area (Å²) in [6, 6.07) is 6.43. The number of hydrogen-bond donors (Lipinski definition) is 3. The van der Waals surface area contributed by atoms with E-state index in [0.717, 1.165) is 5.56 Å². The molecule has 0 unspecified atom stereocenters. The van der Waals surface area contributed by atoms with Crippen LogP contribution in [0, 0.1) is 6.92 Å². The van der Waals surface area contributed by atoms with Crippen molar-refractivity contribution in [3.8, 4) is 11.6 Å². The van der Waals surface area contributed by atoms with E-state index in [1.165, 1.54) is 0 Å². The van der Waals surface area contributed by atoms with Crippen molar-refractivity contribution in [3.63, 3.8) is 0 Å². The second-order valence-electron chi connectivity index (χ2n) is 3.82. The first-order valence-electron chi connectivity index (χ1n) is 5.48. The van der Waals surface area contributed by atoms with Gasteiger partial charge >= 0.3 is 0 Å². The van der Waals surface area contributed by atoms with Gasteiger partial charge in [0, 0.05) is 17.3 Å². The number of rotatable bonds is 4. The average Bonchev–Trinajstić information content (AvgIpc) is 2.42. The van der Waals surface area contributed by atoms with Crippen LogP contribution < -0.4 is 21.7 Å². The van der Waals surface area contributed by atoms with E-state index in [0.29, 0.717) is 17.2 Å². The second-order valence-corrected chi connectivity index (χ2v) is 3.82. The minimum absolute atomic E-state index is 0.259. The van der Waals surface area contributed by atoms with Gasteiger partial charge in [-0.15, -0.1) is 0 Å². The number of anilines is 1. The molecule has 98 valence electrons. The Morgan fingerprint density at radius 2 is 2.00 bits per heavy atom. The summed E-state index contributed by atoms with van der Waals surface area (Å²) in [6.45, 7) is 1.81. The van der Waals surface area contributed by atoms with E-state index < -0.39 is 5.91 Å². The molecule has 0 aliphatic heterocycles. The van der Waals surface area contributed by atoms with Crippen molar-refractivity contribution < 1.29 is 9.53 Å². The molecule has 0 bridgehead atoms. The van der Waals surface area contributed by atoms with Gasteiger partial charge in [-0.05, 0) is 31.2 Å². The van der Waals surface area contributed by atoms with Crippen LogP contribution in [-0.4, -0.2) is 15.9 Å². The quantitative estimate of drug-likeness (QED) is 0.556. The Labute approximate surface area is 109 Å². The highest BCUT2D eigenvalue weighted by atomic mass is 16.5. The first kappa shape index (κ1) is 12.8. The number of amides is 1. The van der Waals surface area contributed by atoms with Crippen molar-refractivity contribution in [2.24, 2.45) is 11.6 Å². The molecule has 7 heteroatoms. The molecule has 1 heterocycles. The topological polar surface area (TPSA) is 116 Å². The summed E-state index contributed by atoms with van der Waals surface area (Å²) in [5.41, 5.74) is 8.67. The molecule has 0 saturated heterocycles. The van der Waals surface area contributed by atoms with Gasteiger partial charge in [-0.2, -0.15) is 4.98 Å². The maximum absolute atomic E-state index is 10.9. The van der Waals surface area contributed by atoms with Gasteiger partial charge in [0.25, 0.3) is 0 Å². The molecule has 1 aromatic carbocycles. The van der Waals surface area contributed by atoms with Gasteiger partial charge < -0.3 is 10.5 Å². The van der Waals surface area contributed by atoms with Crippen LogP contribution in [0.1, 0.15) is 15.9 Å². The normalized spacial score (nSPS) is 10.0. The minimum Gasteiger partial charge on any atom is -0.439 e. The molecule has 0 fully saturated rings. The van der Waals surface area contributed by atoms with E-state index in [-0.39, 0.29) is 5.95 Å². The van der Waals surface area contributed by atoms with Crippen molar-refractivity contribution >= 4 is 11.9 Å². The molecule has 2 aromatic rings. The van der Waals surface area contributed by atoms with Crippen molar-refractivity contribution in [2.75, 3.05) is 5.43 Å². The number of nitrogens with zero attached hydrogens (tertiary/aromatic N) is 2. The van der Waals surface area contributed by atoms with Crippen LogP contribution in [0.4, 0.5) is 5.95 Å². The number of aromatic nitrogens is 2. The average molecular weight is 259 g/mol. The third-order valence-corrected chi connectivity index (χ3v) is 2.41. The number of hydrazine groups is 1. The fourth-order valence-corrected chi connectivity index (χ4v) is 1.40. The van der Waals surface area contributed by atoms with Crippen LogP contribution in [0.15, 0.2) is 30.5 Å². The van der Waals surface area contributed by atoms with Gasteiger partial charge in [0.2, 0.25) is 17.7 Å². The molecule has 0 radical (unpaired) electrons. The fourth-order valence-electron chi connectivity index (χ4n) is 1.40. The lowest BCUT2D eigenvalue weighted by atomic mass is 10.2. The highest BCUT2D eigenvalue weighted by molar-refractivity contribution is 5.92. The van der Waals surface area contributed by atoms with E-state index in [4.69, 9.17) is 16.3 Å². The van der Waals surface area contributed by atoms with Gasteiger partial charge in [-0.1, -0.05) is 0 Å². The van der Waals surface area contributed by atoms with Gasteiger partial charge in [-0.3, -0.25) is 10.2 Å². The Bertz CT molecular complexity index is 598. The Morgan fingerprint density at radius 3 is 2.58 bits per heavy atom. The number of carbonyl (C=O) groups excluding carboxylic acids is 1. The van der Waals surface area contributed by atoms with E-state index in [9.17, 15) is 4.79 Å². The van der Waals surface area contributed by atoms with E-state index in [2.05, 4.69) is 15.4 Å². The summed E-state index contributed by atoms with van der Waals surface area (Å²) in [5, 5.41) is 0. The van der Waals surface area contributed by atoms with Crippen LogP contribution in [0.5, 0.6) is 11.6 Å². The van der Waals surface area contributed by atoms with Crippen molar-refractivity contribution in [2.45, 2.75) is 6.92 Å². The van der Waals surface area contributed by atoms with E-state index in [1.54, 1.807) is 30.5 Å². The summed E-state index contributed by atoms with van der Waals surface area (Å²) >= 11 is 0. The lowest BCUT2D eigenvalue weighted by Crippen LogP contribution is -2.11. The third-order valence-electron chi connectivity index (χ3n) is 2.41. The van der Waals surface area contributed by atoms with Crippen molar-refractivity contribution in [1.29, 1.82) is 0 Å². The van der Waals surface area contributed by atoms with E-state index in [1.807, 2.05) is 6.92 Å². The Kier molecular flexibility index (Phi) is 3.58. The predicted octanol–water partition coefficient (Wildman–Crippen LogP) is 0.962. The van der Waals surface area contributed by atoms with Crippen LogP contribution in [-0.2, 0) is 0 Å². The molecule has 1 amide bonds. The van der Waals surface area contributed by atoms with Gasteiger partial charge in [0.1, 0.15) is 5.75 Å². The number of primary amides is 1. The molecule has 5 N–H and O–H groups in total. The number of nitrogens with two attached hydrogens (primary N) is 2. The minimum atomic E-state index is -0.487. The molecular weight excluding hydrogens is 246 g/mol. The highest BCUT2D eigenvalue weighted by Crippen LogP contribution is 2.23. The first-order valence-corrected chi connectivity index (χ1v) is 5.48. The molecule has 2 rings (SSSR count). The molecule has 19 heavy (non-hydrogen) atoms. The number of nitrogen functional groups attached to an aromatic ring is 1. The summed E-state index contributed by atoms with van der Waals surface area (Å²) in [4.78, 5) is 19.0. The standard InChI is InChI=1S/C12H13N5O2/c1-7-6-15-12(17-14)16-11(7)19-9-4-2-8(3-5-9)10(13)18/h2-6H,14H2,1H3,(H2,13,18)(H,15,16,17). The monoisotopic (exact) mass is 259 g/mol. The van der Waals surface area contributed by atoms with Crippen LogP contribution in [0.3, 0.4) is 0 Å². The summed E-state index contributed by atoms with van der Waals surface area (Å²) in [6.07, 6.45) is 1.59. The lowest BCUT2D eigenvalue weighted by molar-refractivity contribution is 0.100. The summed E-state index contributed by atoms with van der Waals surface area (Å²) in [7, 11) is 0. The predicted molar refractivity (Wildman–Crippen MR) is 69.6 cm³/mol. The summed E-state index contributed by atoms with van der Waals surface area (Å²) in [5.74, 6) is 5.93. The SMILES string of the molecule is Cc1cnc(NN)nc1Oc1ccc(C(N)=O)cc1. The number of benzene rings is 1. The number of hydrogen-bond acceptors (Lipinski definition) is 6. The van der Waals surface area contributed by atoms with Crippen LogP contribution in [0.2, 0.25) is 0 Å². The van der Waals surface area contributed by atoms with Crippen molar-refractivity contribution in [3.05, 3.63) is 41.6 Å². The number of aryl methyl sites for hydroxylation is 1. The molecule has 0 aliphatic carbocycles. The van der Waals surface area contributed by atoms with Gasteiger partial charge in [0.15, 0.2) is 0 Å². The van der Waals surface area contributed by atoms with Crippen LogP contribution >= 0.6 is 0 Å². The molecular formula is C12H13N5O2. The maximum Gasteiger partial charge on any atom is 0.248 e. The zero-order chi connectivity index (χ0) is 13.8. The zero-order valence-corrected chi connectivity index (χ0v) is 10.3. The molecule has 0 aliphatic rings. The van der Waals surface area contributed by atoms with E-state index >= 15 is 0 Å². The van der Waals surface area contributed by atoms with Crippen molar-refractivity contribution in [1.82, 2.24) is 9.97 Å². The Hall–Kier alpha value is -2.67. The molecule has 0 saturated carbocycles. The second kappa shape index (κ2) is 5.32. The highest BCUT2D eigenvalue weighted by Gasteiger charge is 2.06.